The molecule has 1 aliphatic rings. The maximum Gasteiger partial charge on any atom is 0.416 e. The van der Waals surface area contributed by atoms with E-state index in [0.717, 1.165) is 37.0 Å². The lowest BCUT2D eigenvalue weighted by Gasteiger charge is -2.36. The number of amides is 2. The molecule has 0 aliphatic heterocycles. The Morgan fingerprint density at radius 1 is 1.00 bits per heavy atom. The molecular weight excluding hydrogens is 441 g/mol. The first kappa shape index (κ1) is 25.4. The maximum atomic E-state index is 13.2. The monoisotopic (exact) mass is 470 g/mol. The first-order valence-corrected chi connectivity index (χ1v) is 11.3. The number of hydrogen-bond acceptors (Lipinski definition) is 2. The highest BCUT2D eigenvalue weighted by Crippen LogP contribution is 2.31. The van der Waals surface area contributed by atoms with Gasteiger partial charge in [-0.05, 0) is 62.1 Å². The van der Waals surface area contributed by atoms with Crippen molar-refractivity contribution in [3.8, 4) is 12.3 Å². The van der Waals surface area contributed by atoms with E-state index in [1.165, 1.54) is 12.1 Å². The third-order valence-corrected chi connectivity index (χ3v) is 6.41. The Bertz CT molecular complexity index is 1090. The Balaban J connectivity index is 1.77. The topological polar surface area (TPSA) is 58.2 Å². The molecule has 3 rings (SSSR count). The summed E-state index contributed by atoms with van der Waals surface area (Å²) in [5.41, 5.74) is -0.888. The zero-order valence-electron chi connectivity index (χ0n) is 19.4. The number of halogens is 3. The van der Waals surface area contributed by atoms with Gasteiger partial charge < -0.3 is 10.6 Å². The molecule has 34 heavy (non-hydrogen) atoms. The lowest BCUT2D eigenvalue weighted by molar-refractivity contribution is -0.137. The molecule has 1 aliphatic carbocycles. The summed E-state index contributed by atoms with van der Waals surface area (Å²) >= 11 is 0. The number of nitrogens with one attached hydrogen (secondary N) is 2. The van der Waals surface area contributed by atoms with E-state index in [1.807, 2.05) is 19.9 Å². The van der Waals surface area contributed by atoms with Crippen LogP contribution >= 0.6 is 0 Å². The molecule has 7 heteroatoms. The highest BCUT2D eigenvalue weighted by Gasteiger charge is 2.41. The van der Waals surface area contributed by atoms with Gasteiger partial charge in [0.2, 0.25) is 5.91 Å². The number of rotatable bonds is 6. The molecule has 0 aromatic heterocycles. The molecule has 4 nitrogen and oxygen atoms in total. The Labute approximate surface area is 198 Å². The van der Waals surface area contributed by atoms with Crippen LogP contribution in [0.3, 0.4) is 0 Å². The average molecular weight is 471 g/mol. The standard InChI is InChI=1S/C27H29F3N2O2/c1-4-25(2,3)21-12-9-11-20(17-21)23(33)32-26(14-6-5-7-15-26)24(34)31-18-19-10-8-13-22(16-19)27(28,29)30/h1,8-13,16-17H,5-7,14-15,18H2,2-3H3,(H,31,34)(H,32,33). The molecule has 1 fully saturated rings. The van der Waals surface area contributed by atoms with E-state index in [-0.39, 0.29) is 12.5 Å². The number of carbonyl (C=O) groups excluding carboxylic acids is 2. The second kappa shape index (κ2) is 9.92. The molecule has 0 saturated heterocycles. The van der Waals surface area contributed by atoms with Gasteiger partial charge in [-0.1, -0.05) is 49.4 Å². The Morgan fingerprint density at radius 2 is 1.65 bits per heavy atom. The van der Waals surface area contributed by atoms with Crippen LogP contribution in [-0.4, -0.2) is 17.4 Å². The van der Waals surface area contributed by atoms with Gasteiger partial charge in [0.15, 0.2) is 0 Å². The summed E-state index contributed by atoms with van der Waals surface area (Å²) in [6.45, 7) is 3.70. The van der Waals surface area contributed by atoms with Crippen molar-refractivity contribution in [2.24, 2.45) is 0 Å². The van der Waals surface area contributed by atoms with Crippen molar-refractivity contribution in [2.75, 3.05) is 0 Å². The van der Waals surface area contributed by atoms with Gasteiger partial charge in [-0.25, -0.2) is 0 Å². The Kier molecular flexibility index (Phi) is 7.40. The Morgan fingerprint density at radius 3 is 2.29 bits per heavy atom. The van der Waals surface area contributed by atoms with Gasteiger partial charge in [-0.3, -0.25) is 9.59 Å². The first-order valence-electron chi connectivity index (χ1n) is 11.3. The zero-order valence-corrected chi connectivity index (χ0v) is 19.4. The van der Waals surface area contributed by atoms with Crippen molar-refractivity contribution in [1.29, 1.82) is 0 Å². The first-order chi connectivity index (χ1) is 16.0. The summed E-state index contributed by atoms with van der Waals surface area (Å²) in [6.07, 6.45) is 4.57. The molecule has 0 bridgehead atoms. The van der Waals surface area contributed by atoms with Gasteiger partial charge in [0, 0.05) is 12.1 Å². The summed E-state index contributed by atoms with van der Waals surface area (Å²) in [7, 11) is 0. The van der Waals surface area contributed by atoms with Gasteiger partial charge in [-0.2, -0.15) is 13.2 Å². The minimum atomic E-state index is -4.46. The van der Waals surface area contributed by atoms with Gasteiger partial charge in [-0.15, -0.1) is 6.42 Å². The van der Waals surface area contributed by atoms with Crippen LogP contribution < -0.4 is 10.6 Å². The molecule has 2 aromatic carbocycles. The normalized spacial score (nSPS) is 15.8. The summed E-state index contributed by atoms with van der Waals surface area (Å²) in [6, 6.07) is 11.9. The van der Waals surface area contributed by atoms with Crippen LogP contribution in [0.25, 0.3) is 0 Å². The molecule has 180 valence electrons. The van der Waals surface area contributed by atoms with Crippen LogP contribution in [0.4, 0.5) is 13.2 Å². The minimum Gasteiger partial charge on any atom is -0.350 e. The van der Waals surface area contributed by atoms with Crippen LogP contribution in [0, 0.1) is 12.3 Å². The molecule has 2 amide bonds. The van der Waals surface area contributed by atoms with Gasteiger partial charge >= 0.3 is 6.18 Å². The smallest absolute Gasteiger partial charge is 0.350 e. The van der Waals surface area contributed by atoms with E-state index < -0.39 is 28.6 Å². The summed E-state index contributed by atoms with van der Waals surface area (Å²) in [4.78, 5) is 26.4. The molecule has 2 N–H and O–H groups in total. The Hall–Kier alpha value is -3.27. The van der Waals surface area contributed by atoms with Crippen LogP contribution in [0.2, 0.25) is 0 Å². The fourth-order valence-corrected chi connectivity index (χ4v) is 4.20. The van der Waals surface area contributed by atoms with Crippen molar-refractivity contribution in [2.45, 2.75) is 69.6 Å². The van der Waals surface area contributed by atoms with Crippen LogP contribution in [0.15, 0.2) is 48.5 Å². The second-order valence-corrected chi connectivity index (χ2v) is 9.33. The third-order valence-electron chi connectivity index (χ3n) is 6.41. The fourth-order valence-electron chi connectivity index (χ4n) is 4.20. The molecule has 1 saturated carbocycles. The molecule has 0 unspecified atom stereocenters. The molecular formula is C27H29F3N2O2. The number of benzene rings is 2. The summed E-state index contributed by atoms with van der Waals surface area (Å²) in [5.74, 6) is 1.94. The molecule has 0 heterocycles. The lowest BCUT2D eigenvalue weighted by Crippen LogP contribution is -2.59. The number of alkyl halides is 3. The quantitative estimate of drug-likeness (QED) is 0.558. The van der Waals surface area contributed by atoms with E-state index in [9.17, 15) is 22.8 Å². The van der Waals surface area contributed by atoms with Crippen molar-refractivity contribution in [1.82, 2.24) is 10.6 Å². The summed E-state index contributed by atoms with van der Waals surface area (Å²) < 4.78 is 39.0. The average Bonchev–Trinajstić information content (AvgIpc) is 2.82. The van der Waals surface area contributed by atoms with E-state index in [2.05, 4.69) is 16.6 Å². The number of hydrogen-bond donors (Lipinski definition) is 2. The third kappa shape index (κ3) is 5.80. The van der Waals surface area contributed by atoms with Crippen LogP contribution in [0.5, 0.6) is 0 Å². The fraction of sp³-hybridized carbons (Fsp3) is 0.407. The SMILES string of the molecule is C#CC(C)(C)c1cccc(C(=O)NC2(C(=O)NCc3cccc(C(F)(F)F)c3)CCCCC2)c1. The predicted molar refractivity (Wildman–Crippen MR) is 125 cm³/mol. The highest BCUT2D eigenvalue weighted by atomic mass is 19.4. The van der Waals surface area contributed by atoms with Crippen molar-refractivity contribution in [3.05, 3.63) is 70.8 Å². The van der Waals surface area contributed by atoms with Gasteiger partial charge in [0.05, 0.1) is 11.0 Å². The summed E-state index contributed by atoms with van der Waals surface area (Å²) in [5, 5.41) is 5.68. The number of carbonyl (C=O) groups is 2. The molecule has 0 atom stereocenters. The van der Waals surface area contributed by atoms with Crippen molar-refractivity contribution in [3.63, 3.8) is 0 Å². The zero-order chi connectivity index (χ0) is 25.0. The molecule has 2 aromatic rings. The van der Waals surface area contributed by atoms with Gasteiger partial charge in [0.25, 0.3) is 5.91 Å². The van der Waals surface area contributed by atoms with E-state index in [4.69, 9.17) is 6.42 Å². The predicted octanol–water partition coefficient (Wildman–Crippen LogP) is 5.37. The second-order valence-electron chi connectivity index (χ2n) is 9.33. The largest absolute Gasteiger partial charge is 0.416 e. The lowest BCUT2D eigenvalue weighted by atomic mass is 9.80. The maximum absolute atomic E-state index is 13.2. The van der Waals surface area contributed by atoms with Crippen molar-refractivity contribution >= 4 is 11.8 Å². The molecule has 0 spiro atoms. The van der Waals surface area contributed by atoms with E-state index in [1.54, 1.807) is 18.2 Å². The number of terminal acetylenes is 1. The van der Waals surface area contributed by atoms with E-state index in [0.29, 0.717) is 24.0 Å². The van der Waals surface area contributed by atoms with Crippen LogP contribution in [0.1, 0.15) is 73.0 Å². The van der Waals surface area contributed by atoms with E-state index >= 15 is 0 Å². The van der Waals surface area contributed by atoms with Gasteiger partial charge in [0.1, 0.15) is 5.54 Å². The van der Waals surface area contributed by atoms with Crippen LogP contribution in [-0.2, 0) is 22.9 Å². The molecule has 0 radical (unpaired) electrons. The van der Waals surface area contributed by atoms with Crippen molar-refractivity contribution < 1.29 is 22.8 Å². The minimum absolute atomic E-state index is 0.0633. The highest BCUT2D eigenvalue weighted by molar-refractivity contribution is 5.99.